The van der Waals surface area contributed by atoms with Crippen molar-refractivity contribution in [2.75, 3.05) is 0 Å². The Labute approximate surface area is 94.1 Å². The van der Waals surface area contributed by atoms with Gasteiger partial charge in [0.2, 0.25) is 5.82 Å². The molecule has 17 heavy (non-hydrogen) atoms. The molecule has 0 radical (unpaired) electrons. The molecule has 2 heterocycles. The first kappa shape index (κ1) is 9.76. The predicted molar refractivity (Wildman–Crippen MR) is 53.5 cm³/mol. The summed E-state index contributed by atoms with van der Waals surface area (Å²) < 4.78 is 28.3. The van der Waals surface area contributed by atoms with Crippen LogP contribution in [-0.2, 0) is 0 Å². The number of para-hydroxylation sites is 1. The number of aromatic nitrogens is 5. The number of rotatable bonds is 1. The van der Waals surface area contributed by atoms with Gasteiger partial charge in [-0.1, -0.05) is 6.07 Å². The molecular formula is C10H5F2N5. The summed E-state index contributed by atoms with van der Waals surface area (Å²) in [4.78, 5) is 3.89. The fraction of sp³-hybridized carbons (Fsp3) is 0. The van der Waals surface area contributed by atoms with Crippen LogP contribution in [0.4, 0.5) is 8.78 Å². The van der Waals surface area contributed by atoms with Crippen LogP contribution < -0.4 is 0 Å². The van der Waals surface area contributed by atoms with E-state index in [1.165, 1.54) is 35.3 Å². The highest BCUT2D eigenvalue weighted by Gasteiger charge is 2.14. The summed E-state index contributed by atoms with van der Waals surface area (Å²) in [5.41, 5.74) is 0.167. The molecule has 0 aromatic heterocycles. The molecule has 0 saturated heterocycles. The van der Waals surface area contributed by atoms with Crippen LogP contribution in [0.1, 0.15) is 0 Å². The standard InChI is InChI=1S/C10H5F2N5/c11-6-2-1-3-7(12)9(6)17-4-8-10(13-5-17)15-16-14-8/h1-5H. The van der Waals surface area contributed by atoms with E-state index < -0.39 is 11.6 Å². The van der Waals surface area contributed by atoms with E-state index in [0.29, 0.717) is 11.5 Å². The van der Waals surface area contributed by atoms with Crippen LogP contribution in [0, 0.1) is 11.6 Å². The summed E-state index contributed by atoms with van der Waals surface area (Å²) in [7, 11) is 0. The number of hydrogen-bond donors (Lipinski definition) is 0. The molecule has 1 aromatic carbocycles. The summed E-state index contributed by atoms with van der Waals surface area (Å²) in [6.07, 6.45) is 2.68. The third kappa shape index (κ3) is 1.52. The van der Waals surface area contributed by atoms with Gasteiger partial charge in [0, 0.05) is 6.20 Å². The van der Waals surface area contributed by atoms with E-state index in [9.17, 15) is 8.78 Å². The number of hydrogen-bond acceptors (Lipinski definition) is 4. The largest absolute Gasteiger partial charge is 0.300 e. The van der Waals surface area contributed by atoms with Gasteiger partial charge >= 0.3 is 0 Å². The van der Waals surface area contributed by atoms with Crippen LogP contribution in [0.5, 0.6) is 0 Å². The van der Waals surface area contributed by atoms with Crippen molar-refractivity contribution in [3.8, 4) is 17.2 Å². The molecule has 0 spiro atoms. The predicted octanol–water partition coefficient (Wildman–Crippen LogP) is 1.44. The van der Waals surface area contributed by atoms with E-state index in [4.69, 9.17) is 0 Å². The van der Waals surface area contributed by atoms with Gasteiger partial charge in [-0.25, -0.2) is 13.8 Å². The Morgan fingerprint density at radius 1 is 1.06 bits per heavy atom. The van der Waals surface area contributed by atoms with E-state index in [-0.39, 0.29) is 5.69 Å². The third-order valence-electron chi connectivity index (χ3n) is 2.28. The van der Waals surface area contributed by atoms with Crippen LogP contribution in [0.2, 0.25) is 0 Å². The Hall–Kier alpha value is -2.44. The summed E-state index contributed by atoms with van der Waals surface area (Å²) in [6, 6.07) is 3.64. The monoisotopic (exact) mass is 233 g/mol. The molecule has 3 rings (SSSR count). The maximum absolute atomic E-state index is 13.5. The number of benzene rings is 1. The molecule has 7 heteroatoms. The molecule has 0 amide bonds. The molecule has 0 unspecified atom stereocenters. The highest BCUT2D eigenvalue weighted by atomic mass is 19.1. The van der Waals surface area contributed by atoms with Crippen LogP contribution in [0.25, 0.3) is 17.2 Å². The Morgan fingerprint density at radius 2 is 1.82 bits per heavy atom. The van der Waals surface area contributed by atoms with Gasteiger partial charge in [0.25, 0.3) is 0 Å². The Bertz CT molecular complexity index is 631. The minimum Gasteiger partial charge on any atom is -0.300 e. The van der Waals surface area contributed by atoms with Crippen molar-refractivity contribution in [3.05, 3.63) is 42.4 Å². The second-order valence-corrected chi connectivity index (χ2v) is 3.35. The van der Waals surface area contributed by atoms with Crippen molar-refractivity contribution in [3.63, 3.8) is 0 Å². The molecule has 0 N–H and O–H groups in total. The van der Waals surface area contributed by atoms with Gasteiger partial charge in [0.1, 0.15) is 23.6 Å². The molecule has 0 aliphatic carbocycles. The quantitative estimate of drug-likeness (QED) is 0.638. The number of fused-ring (bicyclic) bond motifs is 1. The van der Waals surface area contributed by atoms with Crippen molar-refractivity contribution >= 4 is 0 Å². The maximum Gasteiger partial charge on any atom is 0.207 e. The second-order valence-electron chi connectivity index (χ2n) is 3.35. The first-order valence-corrected chi connectivity index (χ1v) is 4.73. The molecule has 84 valence electrons. The number of nitrogens with zero attached hydrogens (tertiary/aromatic N) is 5. The number of halogens is 2. The van der Waals surface area contributed by atoms with Crippen molar-refractivity contribution in [2.24, 2.45) is 0 Å². The summed E-state index contributed by atoms with van der Waals surface area (Å²) in [5, 5.41) is 10.7. The maximum atomic E-state index is 13.5. The molecule has 5 nitrogen and oxygen atoms in total. The van der Waals surface area contributed by atoms with E-state index in [0.717, 1.165) is 0 Å². The van der Waals surface area contributed by atoms with Gasteiger partial charge in [-0.05, 0) is 17.3 Å². The Morgan fingerprint density at radius 3 is 2.59 bits per heavy atom. The average Bonchev–Trinajstić information content (AvgIpc) is 2.76. The molecule has 2 aliphatic rings. The van der Waals surface area contributed by atoms with Gasteiger partial charge in [0.15, 0.2) is 5.69 Å². The van der Waals surface area contributed by atoms with Gasteiger partial charge < -0.3 is 4.57 Å². The summed E-state index contributed by atoms with van der Waals surface area (Å²) in [5.74, 6) is -1.02. The lowest BCUT2D eigenvalue weighted by atomic mass is 10.3. The lowest BCUT2D eigenvalue weighted by molar-refractivity contribution is 0.567. The van der Waals surface area contributed by atoms with Gasteiger partial charge in [-0.15, -0.1) is 10.2 Å². The van der Waals surface area contributed by atoms with Crippen LogP contribution in [0.3, 0.4) is 0 Å². The highest BCUT2D eigenvalue weighted by molar-refractivity contribution is 5.48. The first-order valence-electron chi connectivity index (χ1n) is 4.73. The summed E-state index contributed by atoms with van der Waals surface area (Å²) in [6.45, 7) is 0. The minimum atomic E-state index is -0.677. The normalized spacial score (nSPS) is 10.9. The molecule has 2 aliphatic heterocycles. The zero-order valence-corrected chi connectivity index (χ0v) is 8.38. The molecule has 1 aromatic rings. The molecule has 0 atom stereocenters. The van der Waals surface area contributed by atoms with Crippen molar-refractivity contribution in [1.29, 1.82) is 0 Å². The van der Waals surface area contributed by atoms with E-state index in [1.807, 2.05) is 0 Å². The van der Waals surface area contributed by atoms with Crippen LogP contribution in [0.15, 0.2) is 30.7 Å². The first-order chi connectivity index (χ1) is 8.25. The molecular weight excluding hydrogens is 228 g/mol. The van der Waals surface area contributed by atoms with E-state index in [2.05, 4.69) is 20.4 Å². The van der Waals surface area contributed by atoms with Gasteiger partial charge in [0.05, 0.1) is 0 Å². The zero-order valence-electron chi connectivity index (χ0n) is 8.38. The lowest BCUT2D eigenvalue weighted by Gasteiger charge is -2.08. The fourth-order valence-electron chi connectivity index (χ4n) is 1.52. The van der Waals surface area contributed by atoms with Crippen molar-refractivity contribution < 1.29 is 8.78 Å². The smallest absolute Gasteiger partial charge is 0.207 e. The Kier molecular flexibility index (Phi) is 2.04. The van der Waals surface area contributed by atoms with Crippen molar-refractivity contribution in [1.82, 2.24) is 25.0 Å². The summed E-state index contributed by atoms with van der Waals surface area (Å²) >= 11 is 0. The van der Waals surface area contributed by atoms with Gasteiger partial charge in [-0.2, -0.15) is 0 Å². The van der Waals surface area contributed by atoms with E-state index >= 15 is 0 Å². The van der Waals surface area contributed by atoms with E-state index in [1.54, 1.807) is 0 Å². The third-order valence-corrected chi connectivity index (χ3v) is 2.28. The highest BCUT2D eigenvalue weighted by Crippen LogP contribution is 2.19. The fourth-order valence-corrected chi connectivity index (χ4v) is 1.52. The Balaban J connectivity index is 2.25. The average molecular weight is 233 g/mol. The van der Waals surface area contributed by atoms with Crippen LogP contribution >= 0.6 is 0 Å². The topological polar surface area (TPSA) is 56.5 Å². The van der Waals surface area contributed by atoms with Crippen molar-refractivity contribution in [2.45, 2.75) is 0 Å². The molecule has 0 bridgehead atoms. The molecule has 0 fully saturated rings. The SMILES string of the molecule is Fc1cccc(F)c1-n1cnc2nnnc-2c1. The van der Waals surface area contributed by atoms with Gasteiger partial charge in [-0.3, -0.25) is 0 Å². The second kappa shape index (κ2) is 3.55. The lowest BCUT2D eigenvalue weighted by Crippen LogP contribution is -2.04. The molecule has 0 saturated carbocycles. The minimum absolute atomic E-state index is 0.204. The zero-order chi connectivity index (χ0) is 11.8. The van der Waals surface area contributed by atoms with Crippen LogP contribution in [-0.4, -0.2) is 25.0 Å².